The van der Waals surface area contributed by atoms with Gasteiger partial charge in [0.1, 0.15) is 34.6 Å². The zero-order chi connectivity index (χ0) is 37.2. The van der Waals surface area contributed by atoms with Gasteiger partial charge < -0.3 is 24.3 Å². The number of nitrogens with zero attached hydrogens (tertiary/aromatic N) is 1. The molecule has 6 nitrogen and oxygen atoms in total. The van der Waals surface area contributed by atoms with E-state index in [4.69, 9.17) is 23.9 Å². The topological polar surface area (TPSA) is 61.3 Å². The van der Waals surface area contributed by atoms with Crippen molar-refractivity contribution in [3.8, 4) is 45.3 Å². The highest BCUT2D eigenvalue weighted by molar-refractivity contribution is 6.23. The zero-order valence-electron chi connectivity index (χ0n) is 31.7. The number of aryl methyl sites for hydroxylation is 2. The Labute approximate surface area is 318 Å². The molecule has 0 saturated heterocycles. The molecule has 8 rings (SSSR count). The summed E-state index contributed by atoms with van der Waals surface area (Å²) in [6.07, 6.45) is 2.89. The highest BCUT2D eigenvalue weighted by Gasteiger charge is 2.34. The lowest BCUT2D eigenvalue weighted by molar-refractivity contribution is 0.340. The molecular formula is C48H46N2O4. The molecule has 0 amide bonds. The number of rotatable bonds is 11. The van der Waals surface area contributed by atoms with Crippen LogP contribution in [0.25, 0.3) is 44.4 Å². The molecule has 0 fully saturated rings. The molecule has 2 heterocycles. The standard InChI is InChI=1S/C48H46N2O4/c1-6-30-10-14-32(15-11-30)41-39-28-38(53-8-3)29-40-42(33-16-12-31(7-2)13-17-33)46(35-20-24-37(52-5)25-21-35)54-47(44(39)40)45(48-49-26-9-27-50-48)43(41)34-18-22-36(51-4)23-19-34/h10-25,28-29H,6-9,26-27H2,1-5H3,(H,49,50). The third-order valence-electron chi connectivity index (χ3n) is 10.5. The summed E-state index contributed by atoms with van der Waals surface area (Å²) in [5, 5.41) is 5.78. The highest BCUT2D eigenvalue weighted by atomic mass is 16.5. The van der Waals surface area contributed by atoms with E-state index in [1.807, 2.05) is 31.2 Å². The molecule has 6 aromatic rings. The van der Waals surface area contributed by atoms with Crippen molar-refractivity contribution in [2.45, 2.75) is 40.0 Å². The summed E-state index contributed by atoms with van der Waals surface area (Å²) in [5.41, 5.74) is 11.9. The fraction of sp³-hybridized carbons (Fsp3) is 0.229. The van der Waals surface area contributed by atoms with Gasteiger partial charge in [0.05, 0.1) is 26.4 Å². The van der Waals surface area contributed by atoms with Gasteiger partial charge in [-0.05, 0) is 113 Å². The number of aliphatic imine (C=N–C) groups is 1. The maximum absolute atomic E-state index is 7.46. The van der Waals surface area contributed by atoms with E-state index in [2.05, 4.69) is 104 Å². The molecular weight excluding hydrogens is 669 g/mol. The zero-order valence-corrected chi connectivity index (χ0v) is 31.7. The average molecular weight is 715 g/mol. The predicted octanol–water partition coefficient (Wildman–Crippen LogP) is 10.8. The maximum Gasteiger partial charge on any atom is 0.147 e. The van der Waals surface area contributed by atoms with Crippen LogP contribution in [-0.2, 0) is 12.8 Å². The van der Waals surface area contributed by atoms with Gasteiger partial charge in [0.2, 0.25) is 0 Å². The fourth-order valence-corrected chi connectivity index (χ4v) is 7.70. The molecule has 0 aliphatic carbocycles. The number of ether oxygens (including phenoxy) is 4. The minimum Gasteiger partial charge on any atom is -0.497 e. The second-order valence-electron chi connectivity index (χ2n) is 13.7. The molecule has 1 N–H and O–H groups in total. The van der Waals surface area contributed by atoms with Crippen LogP contribution in [0.5, 0.6) is 23.0 Å². The Morgan fingerprint density at radius 2 is 1.20 bits per heavy atom. The monoisotopic (exact) mass is 714 g/mol. The smallest absolute Gasteiger partial charge is 0.147 e. The molecule has 0 atom stereocenters. The predicted molar refractivity (Wildman–Crippen MR) is 221 cm³/mol. The van der Waals surface area contributed by atoms with Crippen molar-refractivity contribution in [3.63, 3.8) is 0 Å². The summed E-state index contributed by atoms with van der Waals surface area (Å²) in [6, 6.07) is 38.7. The van der Waals surface area contributed by atoms with Crippen molar-refractivity contribution < 1.29 is 18.9 Å². The third-order valence-corrected chi connectivity index (χ3v) is 10.5. The molecule has 6 aromatic carbocycles. The Morgan fingerprint density at radius 1 is 0.630 bits per heavy atom. The Hall–Kier alpha value is -6.01. The normalized spacial score (nSPS) is 13.6. The molecule has 0 saturated carbocycles. The van der Waals surface area contributed by atoms with Gasteiger partial charge in [0.25, 0.3) is 0 Å². The van der Waals surface area contributed by atoms with Gasteiger partial charge in [-0.1, -0.05) is 74.5 Å². The summed E-state index contributed by atoms with van der Waals surface area (Å²) < 4.78 is 25.1. The van der Waals surface area contributed by atoms with E-state index in [1.54, 1.807) is 14.2 Å². The Balaban J connectivity index is 1.56. The van der Waals surface area contributed by atoms with Gasteiger partial charge in [-0.25, -0.2) is 0 Å². The van der Waals surface area contributed by atoms with Crippen LogP contribution in [0.2, 0.25) is 0 Å². The van der Waals surface area contributed by atoms with Gasteiger partial charge in [-0.3, -0.25) is 4.99 Å². The van der Waals surface area contributed by atoms with Gasteiger partial charge >= 0.3 is 0 Å². The van der Waals surface area contributed by atoms with Crippen LogP contribution in [0.3, 0.4) is 0 Å². The number of nitrogens with one attached hydrogen (secondary N) is 1. The lowest BCUT2D eigenvalue weighted by atomic mass is 9.80. The minimum atomic E-state index is 0.536. The SMILES string of the molecule is CCOc1cc2c3c(c(C4=NCCCN4)c(-c4ccc(OC)cc4)c(-c4ccc(CC)cc4)c3c1)OC(c1ccc(OC)cc1)=C2c1ccc(CC)cc1. The van der Waals surface area contributed by atoms with E-state index >= 15 is 0 Å². The van der Waals surface area contributed by atoms with Gasteiger partial charge in [-0.2, -0.15) is 0 Å². The summed E-state index contributed by atoms with van der Waals surface area (Å²) in [7, 11) is 3.39. The molecule has 0 spiro atoms. The quantitative estimate of drug-likeness (QED) is 0.145. The molecule has 2 aliphatic heterocycles. The summed E-state index contributed by atoms with van der Waals surface area (Å²) in [6.45, 7) is 8.51. The van der Waals surface area contributed by atoms with Crippen LogP contribution in [0.1, 0.15) is 60.6 Å². The molecule has 54 heavy (non-hydrogen) atoms. The first-order chi connectivity index (χ1) is 26.5. The Bertz CT molecular complexity index is 2370. The van der Waals surface area contributed by atoms with Crippen molar-refractivity contribution in [2.75, 3.05) is 33.9 Å². The average Bonchev–Trinajstić information content (AvgIpc) is 3.24. The highest BCUT2D eigenvalue weighted by Crippen LogP contribution is 2.54. The number of amidine groups is 1. The molecule has 2 aliphatic rings. The second-order valence-corrected chi connectivity index (χ2v) is 13.7. The van der Waals surface area contributed by atoms with Crippen LogP contribution < -0.4 is 24.3 Å². The van der Waals surface area contributed by atoms with Crippen molar-refractivity contribution >= 4 is 27.9 Å². The molecule has 0 bridgehead atoms. The maximum atomic E-state index is 7.46. The lowest BCUT2D eigenvalue weighted by Crippen LogP contribution is -2.31. The summed E-state index contributed by atoms with van der Waals surface area (Å²) >= 11 is 0. The van der Waals surface area contributed by atoms with Gasteiger partial charge in [-0.15, -0.1) is 0 Å². The van der Waals surface area contributed by atoms with Crippen LogP contribution >= 0.6 is 0 Å². The van der Waals surface area contributed by atoms with Crippen LogP contribution in [-0.4, -0.2) is 39.8 Å². The number of methoxy groups -OCH3 is 2. The first kappa shape index (κ1) is 35.0. The minimum absolute atomic E-state index is 0.536. The number of benzene rings is 6. The summed E-state index contributed by atoms with van der Waals surface area (Å²) in [4.78, 5) is 5.16. The van der Waals surface area contributed by atoms with E-state index in [9.17, 15) is 0 Å². The van der Waals surface area contributed by atoms with Crippen LogP contribution in [0.15, 0.2) is 114 Å². The van der Waals surface area contributed by atoms with E-state index < -0.39 is 0 Å². The van der Waals surface area contributed by atoms with E-state index in [-0.39, 0.29) is 0 Å². The van der Waals surface area contributed by atoms with Crippen LogP contribution in [0, 0.1) is 0 Å². The molecule has 6 heteroatoms. The third kappa shape index (κ3) is 6.36. The van der Waals surface area contributed by atoms with E-state index in [0.717, 1.165) is 128 Å². The number of hydrogen-bond acceptors (Lipinski definition) is 6. The van der Waals surface area contributed by atoms with Crippen molar-refractivity contribution in [1.29, 1.82) is 0 Å². The van der Waals surface area contributed by atoms with E-state index in [1.165, 1.54) is 11.1 Å². The molecule has 0 radical (unpaired) electrons. The first-order valence-corrected chi connectivity index (χ1v) is 19.0. The van der Waals surface area contributed by atoms with E-state index in [0.29, 0.717) is 6.61 Å². The van der Waals surface area contributed by atoms with Gasteiger partial charge in [0, 0.05) is 40.7 Å². The Morgan fingerprint density at radius 3 is 1.76 bits per heavy atom. The first-order valence-electron chi connectivity index (χ1n) is 19.0. The molecule has 272 valence electrons. The summed E-state index contributed by atoms with van der Waals surface area (Å²) in [5.74, 6) is 4.76. The lowest BCUT2D eigenvalue weighted by Gasteiger charge is -2.31. The molecule has 0 unspecified atom stereocenters. The van der Waals surface area contributed by atoms with Gasteiger partial charge in [0.15, 0.2) is 0 Å². The second kappa shape index (κ2) is 15.2. The van der Waals surface area contributed by atoms with Crippen molar-refractivity contribution in [3.05, 3.63) is 143 Å². The largest absolute Gasteiger partial charge is 0.497 e. The number of hydrogen-bond donors (Lipinski definition) is 1. The van der Waals surface area contributed by atoms with Crippen molar-refractivity contribution in [2.24, 2.45) is 4.99 Å². The molecule has 0 aromatic heterocycles. The Kier molecular flexibility index (Phi) is 9.83. The van der Waals surface area contributed by atoms with Crippen LogP contribution in [0.4, 0.5) is 0 Å². The van der Waals surface area contributed by atoms with Crippen molar-refractivity contribution in [1.82, 2.24) is 5.32 Å². The fourth-order valence-electron chi connectivity index (χ4n) is 7.70.